The van der Waals surface area contributed by atoms with E-state index in [4.69, 9.17) is 4.98 Å². The SMILES string of the molecule is Brc1c(-c2ccc3c(c2)c2ccccc2n3-c2ccccc2)nc2sc3ccccc3n12. The minimum atomic E-state index is 0.973. The number of halogens is 1. The van der Waals surface area contributed by atoms with Crippen molar-refractivity contribution in [2.45, 2.75) is 0 Å². The number of thiazole rings is 1. The lowest BCUT2D eigenvalue weighted by atomic mass is 10.1. The molecule has 5 heteroatoms. The van der Waals surface area contributed by atoms with Gasteiger partial charge in [-0.05, 0) is 58.4 Å². The molecule has 0 aliphatic heterocycles. The molecule has 0 fully saturated rings. The fourth-order valence-corrected chi connectivity index (χ4v) is 6.46. The molecule has 0 amide bonds. The summed E-state index contributed by atoms with van der Waals surface area (Å²) in [5.74, 6) is 0. The molecule has 3 nitrogen and oxygen atoms in total. The van der Waals surface area contributed by atoms with Crippen LogP contribution in [0.25, 0.3) is 53.9 Å². The van der Waals surface area contributed by atoms with Gasteiger partial charge < -0.3 is 4.57 Å². The lowest BCUT2D eigenvalue weighted by Crippen LogP contribution is -1.92. The number of rotatable bonds is 2. The van der Waals surface area contributed by atoms with Gasteiger partial charge in [0.15, 0.2) is 4.96 Å². The summed E-state index contributed by atoms with van der Waals surface area (Å²) in [7, 11) is 0. The van der Waals surface area contributed by atoms with Gasteiger partial charge in [0, 0.05) is 22.0 Å². The molecule has 0 saturated carbocycles. The van der Waals surface area contributed by atoms with Crippen LogP contribution in [-0.4, -0.2) is 14.0 Å². The van der Waals surface area contributed by atoms with E-state index in [2.05, 4.69) is 122 Å². The van der Waals surface area contributed by atoms with Crippen molar-refractivity contribution in [3.05, 3.63) is 102 Å². The molecule has 4 aromatic carbocycles. The van der Waals surface area contributed by atoms with Gasteiger partial charge in [-0.15, -0.1) is 0 Å². The van der Waals surface area contributed by atoms with Gasteiger partial charge in [0.05, 0.1) is 21.3 Å². The zero-order chi connectivity index (χ0) is 21.2. The Labute approximate surface area is 196 Å². The Morgan fingerprint density at radius 1 is 0.688 bits per heavy atom. The number of nitrogens with zero attached hydrogens (tertiary/aromatic N) is 3. The number of aromatic nitrogens is 3. The van der Waals surface area contributed by atoms with Crippen LogP contribution in [0.3, 0.4) is 0 Å². The Morgan fingerprint density at radius 2 is 1.41 bits per heavy atom. The van der Waals surface area contributed by atoms with E-state index in [0.29, 0.717) is 0 Å². The number of hydrogen-bond acceptors (Lipinski definition) is 2. The predicted octanol–water partition coefficient (Wildman–Crippen LogP) is 8.08. The Morgan fingerprint density at radius 3 is 2.28 bits per heavy atom. The lowest BCUT2D eigenvalue weighted by molar-refractivity contribution is 1.18. The average Bonchev–Trinajstić information content (AvgIpc) is 3.48. The molecule has 0 aliphatic carbocycles. The third-order valence-corrected chi connectivity index (χ3v) is 7.81. The highest BCUT2D eigenvalue weighted by molar-refractivity contribution is 9.10. The zero-order valence-electron chi connectivity index (χ0n) is 16.9. The first kappa shape index (κ1) is 18.2. The van der Waals surface area contributed by atoms with E-state index in [1.165, 1.54) is 37.7 Å². The Hall–Kier alpha value is -3.41. The summed E-state index contributed by atoms with van der Waals surface area (Å²) in [4.78, 5) is 6.00. The molecular weight excluding hydrogens is 478 g/mol. The van der Waals surface area contributed by atoms with Crippen LogP contribution < -0.4 is 0 Å². The quantitative estimate of drug-likeness (QED) is 0.238. The van der Waals surface area contributed by atoms with E-state index in [-0.39, 0.29) is 0 Å². The van der Waals surface area contributed by atoms with Crippen LogP contribution in [-0.2, 0) is 0 Å². The first-order chi connectivity index (χ1) is 15.8. The van der Waals surface area contributed by atoms with Crippen LogP contribution in [0, 0.1) is 0 Å². The molecule has 0 saturated heterocycles. The van der Waals surface area contributed by atoms with Crippen molar-refractivity contribution in [1.29, 1.82) is 0 Å². The molecule has 3 heterocycles. The molecule has 0 aliphatic rings. The second-order valence-corrected chi connectivity index (χ2v) is 9.62. The van der Waals surface area contributed by atoms with Crippen LogP contribution in [0.15, 0.2) is 102 Å². The van der Waals surface area contributed by atoms with Gasteiger partial charge in [-0.1, -0.05) is 65.9 Å². The maximum Gasteiger partial charge on any atom is 0.196 e. The van der Waals surface area contributed by atoms with Gasteiger partial charge in [-0.2, -0.15) is 0 Å². The van der Waals surface area contributed by atoms with Gasteiger partial charge in [-0.25, -0.2) is 4.98 Å². The molecule has 0 unspecified atom stereocenters. The molecular formula is C27H16BrN3S. The molecule has 0 bridgehead atoms. The van der Waals surface area contributed by atoms with Gasteiger partial charge in [-0.3, -0.25) is 4.40 Å². The summed E-state index contributed by atoms with van der Waals surface area (Å²) >= 11 is 5.56. The fraction of sp³-hybridized carbons (Fsp3) is 0. The molecule has 152 valence electrons. The van der Waals surface area contributed by atoms with Crippen molar-refractivity contribution < 1.29 is 0 Å². The van der Waals surface area contributed by atoms with Crippen molar-refractivity contribution in [2.75, 3.05) is 0 Å². The smallest absolute Gasteiger partial charge is 0.196 e. The molecule has 32 heavy (non-hydrogen) atoms. The van der Waals surface area contributed by atoms with Crippen LogP contribution in [0.5, 0.6) is 0 Å². The molecule has 0 N–H and O–H groups in total. The number of imidazole rings is 1. The van der Waals surface area contributed by atoms with Crippen molar-refractivity contribution in [1.82, 2.24) is 14.0 Å². The molecule has 0 radical (unpaired) electrons. The number of fused-ring (bicyclic) bond motifs is 6. The van der Waals surface area contributed by atoms with Crippen molar-refractivity contribution in [3.63, 3.8) is 0 Å². The van der Waals surface area contributed by atoms with Crippen LogP contribution >= 0.6 is 27.3 Å². The second kappa shape index (κ2) is 6.79. The zero-order valence-corrected chi connectivity index (χ0v) is 19.3. The summed E-state index contributed by atoms with van der Waals surface area (Å²) in [6.07, 6.45) is 0. The number of benzene rings is 4. The fourth-order valence-electron chi connectivity index (χ4n) is 4.64. The molecule has 3 aromatic heterocycles. The Balaban J connectivity index is 1.51. The van der Waals surface area contributed by atoms with Gasteiger partial charge in [0.25, 0.3) is 0 Å². The van der Waals surface area contributed by atoms with E-state index in [1.807, 2.05) is 0 Å². The monoisotopic (exact) mass is 493 g/mol. The Bertz CT molecular complexity index is 1790. The van der Waals surface area contributed by atoms with Crippen LogP contribution in [0.2, 0.25) is 0 Å². The maximum absolute atomic E-state index is 5.00. The third-order valence-electron chi connectivity index (χ3n) is 6.06. The van der Waals surface area contributed by atoms with E-state index >= 15 is 0 Å². The van der Waals surface area contributed by atoms with Crippen molar-refractivity contribution in [3.8, 4) is 16.9 Å². The topological polar surface area (TPSA) is 22.2 Å². The minimum Gasteiger partial charge on any atom is -0.309 e. The standard InChI is InChI=1S/C27H16BrN3S/c28-26-25(29-27-31(26)23-12-6-7-13-24(23)32-27)17-14-15-22-20(16-17)19-10-4-5-11-21(19)30(22)18-8-2-1-3-9-18/h1-16H. The maximum atomic E-state index is 5.00. The summed E-state index contributed by atoms with van der Waals surface area (Å²) in [6, 6.07) is 34.3. The highest BCUT2D eigenvalue weighted by Gasteiger charge is 2.18. The van der Waals surface area contributed by atoms with Gasteiger partial charge in [0.1, 0.15) is 10.3 Å². The number of para-hydroxylation sites is 3. The van der Waals surface area contributed by atoms with E-state index in [0.717, 1.165) is 20.8 Å². The summed E-state index contributed by atoms with van der Waals surface area (Å²) in [6.45, 7) is 0. The van der Waals surface area contributed by atoms with Gasteiger partial charge >= 0.3 is 0 Å². The lowest BCUT2D eigenvalue weighted by Gasteiger charge is -2.07. The second-order valence-electron chi connectivity index (χ2n) is 7.86. The highest BCUT2D eigenvalue weighted by atomic mass is 79.9. The van der Waals surface area contributed by atoms with E-state index in [9.17, 15) is 0 Å². The minimum absolute atomic E-state index is 0.973. The Kier molecular flexibility index (Phi) is 3.86. The first-order valence-corrected chi connectivity index (χ1v) is 12.0. The van der Waals surface area contributed by atoms with Gasteiger partial charge in [0.2, 0.25) is 0 Å². The summed E-state index contributed by atoms with van der Waals surface area (Å²) in [5, 5.41) is 2.48. The summed E-state index contributed by atoms with van der Waals surface area (Å²) < 4.78 is 6.77. The normalized spacial score (nSPS) is 11.9. The van der Waals surface area contributed by atoms with Crippen molar-refractivity contribution >= 4 is 64.3 Å². The number of hydrogen-bond donors (Lipinski definition) is 0. The van der Waals surface area contributed by atoms with Crippen molar-refractivity contribution in [2.24, 2.45) is 0 Å². The van der Waals surface area contributed by atoms with E-state index in [1.54, 1.807) is 11.3 Å². The summed E-state index contributed by atoms with van der Waals surface area (Å²) in [5.41, 5.74) is 6.84. The molecule has 7 aromatic rings. The first-order valence-electron chi connectivity index (χ1n) is 10.4. The van der Waals surface area contributed by atoms with Crippen LogP contribution in [0.1, 0.15) is 0 Å². The third kappa shape index (κ3) is 2.49. The molecule has 0 spiro atoms. The van der Waals surface area contributed by atoms with Crippen LogP contribution in [0.4, 0.5) is 0 Å². The molecule has 7 rings (SSSR count). The molecule has 0 atom stereocenters. The average molecular weight is 494 g/mol. The highest BCUT2D eigenvalue weighted by Crippen LogP contribution is 2.39. The largest absolute Gasteiger partial charge is 0.309 e. The van der Waals surface area contributed by atoms with E-state index < -0.39 is 0 Å². The predicted molar refractivity (Wildman–Crippen MR) is 138 cm³/mol.